The van der Waals surface area contributed by atoms with Crippen molar-refractivity contribution in [2.75, 3.05) is 21.4 Å². The van der Waals surface area contributed by atoms with E-state index in [2.05, 4.69) is 48.8 Å². The molecule has 5 heterocycles. The Hall–Kier alpha value is -2.62. The standard InChI is InChI=1S/C21H18ClN7S2/c1-12-5-6-17(31-12)28-7-13-14(22)3-2-4-15(13)27-20(28)16-8-30-11-29(16)21-18-19(24-9-23-18)25-10-26-21/h2-6,9-10,16H,7-8,11H2,1H3,(H,23,24,25,26). The number of H-pyrrole nitrogens is 1. The van der Waals surface area contributed by atoms with Crippen LogP contribution in [0.1, 0.15) is 10.4 Å². The van der Waals surface area contributed by atoms with Gasteiger partial charge >= 0.3 is 0 Å². The average molecular weight is 468 g/mol. The maximum atomic E-state index is 6.55. The summed E-state index contributed by atoms with van der Waals surface area (Å²) < 4.78 is 0. The summed E-state index contributed by atoms with van der Waals surface area (Å²) in [5.41, 5.74) is 3.53. The first kappa shape index (κ1) is 19.1. The summed E-state index contributed by atoms with van der Waals surface area (Å²) in [5, 5.41) is 1.93. The number of aromatic amines is 1. The van der Waals surface area contributed by atoms with E-state index < -0.39 is 0 Å². The number of nitrogens with one attached hydrogen (secondary N) is 1. The third-order valence-corrected chi connectivity index (χ3v) is 7.95. The Labute approximate surface area is 192 Å². The second kappa shape index (κ2) is 7.51. The Balaban J connectivity index is 1.48. The summed E-state index contributed by atoms with van der Waals surface area (Å²) >= 11 is 10.2. The van der Waals surface area contributed by atoms with Crippen molar-refractivity contribution >= 4 is 68.2 Å². The molecular formula is C21H18ClN7S2. The molecule has 0 aliphatic carbocycles. The van der Waals surface area contributed by atoms with E-state index in [1.54, 1.807) is 24.0 Å². The van der Waals surface area contributed by atoms with Crippen molar-refractivity contribution in [2.24, 2.45) is 4.99 Å². The number of fused-ring (bicyclic) bond motifs is 2. The Bertz CT molecular complexity index is 1310. The summed E-state index contributed by atoms with van der Waals surface area (Å²) in [5.74, 6) is 3.60. The fraction of sp³-hybridized carbons (Fsp3) is 0.238. The zero-order chi connectivity index (χ0) is 20.9. The topological polar surface area (TPSA) is 73.3 Å². The molecule has 156 valence electrons. The SMILES string of the molecule is Cc1ccc(N2Cc3c(Cl)cccc3N=C2C2CSCN2c2ncnc3[nH]cnc23)s1. The lowest BCUT2D eigenvalue weighted by Gasteiger charge is -2.36. The van der Waals surface area contributed by atoms with Crippen LogP contribution in [0.5, 0.6) is 0 Å². The summed E-state index contributed by atoms with van der Waals surface area (Å²) in [6.45, 7) is 2.83. The molecule has 31 heavy (non-hydrogen) atoms. The second-order valence-electron chi connectivity index (χ2n) is 7.46. The van der Waals surface area contributed by atoms with Crippen LogP contribution in [0.4, 0.5) is 16.5 Å². The number of aryl methyl sites for hydroxylation is 1. The van der Waals surface area contributed by atoms with E-state index in [0.717, 1.165) is 50.7 Å². The average Bonchev–Trinajstić information content (AvgIpc) is 3.53. The van der Waals surface area contributed by atoms with Gasteiger partial charge < -0.3 is 14.8 Å². The number of anilines is 2. The van der Waals surface area contributed by atoms with Gasteiger partial charge in [-0.25, -0.2) is 19.9 Å². The number of thioether (sulfide) groups is 1. The molecule has 4 aromatic rings. The van der Waals surface area contributed by atoms with Crippen LogP contribution in [0.25, 0.3) is 11.2 Å². The first-order chi connectivity index (χ1) is 15.2. The van der Waals surface area contributed by atoms with Gasteiger partial charge in [0.05, 0.1) is 35.5 Å². The number of hydrogen-bond donors (Lipinski definition) is 1. The van der Waals surface area contributed by atoms with Crippen LogP contribution < -0.4 is 9.80 Å². The number of rotatable bonds is 3. The van der Waals surface area contributed by atoms with E-state index in [-0.39, 0.29) is 6.04 Å². The van der Waals surface area contributed by atoms with Crippen molar-refractivity contribution in [1.82, 2.24) is 19.9 Å². The van der Waals surface area contributed by atoms with Gasteiger partial charge in [0.1, 0.15) is 17.7 Å². The molecule has 0 bridgehead atoms. The zero-order valence-electron chi connectivity index (χ0n) is 16.6. The Kier molecular flexibility index (Phi) is 4.62. The molecule has 1 unspecified atom stereocenters. The molecule has 0 radical (unpaired) electrons. The first-order valence-electron chi connectivity index (χ1n) is 9.87. The molecule has 1 fully saturated rings. The van der Waals surface area contributed by atoms with Crippen LogP contribution in [-0.2, 0) is 6.54 Å². The van der Waals surface area contributed by atoms with Gasteiger partial charge in [0.15, 0.2) is 11.5 Å². The van der Waals surface area contributed by atoms with E-state index in [9.17, 15) is 0 Å². The van der Waals surface area contributed by atoms with E-state index in [0.29, 0.717) is 6.54 Å². The number of aromatic nitrogens is 4. The van der Waals surface area contributed by atoms with Gasteiger partial charge in [-0.05, 0) is 31.2 Å². The molecule has 7 nitrogen and oxygen atoms in total. The number of imidazole rings is 1. The third-order valence-electron chi connectivity index (χ3n) is 5.56. The maximum absolute atomic E-state index is 6.55. The van der Waals surface area contributed by atoms with Gasteiger partial charge in [-0.3, -0.25) is 0 Å². The van der Waals surface area contributed by atoms with Gasteiger partial charge in [0.25, 0.3) is 0 Å². The summed E-state index contributed by atoms with van der Waals surface area (Å²) in [6.07, 6.45) is 3.26. The summed E-state index contributed by atoms with van der Waals surface area (Å²) in [7, 11) is 0. The fourth-order valence-corrected chi connectivity index (χ4v) is 6.33. The normalized spacial score (nSPS) is 18.5. The van der Waals surface area contributed by atoms with E-state index in [1.165, 1.54) is 9.88 Å². The minimum atomic E-state index is 0.0642. The van der Waals surface area contributed by atoms with Crippen LogP contribution >= 0.6 is 34.7 Å². The van der Waals surface area contributed by atoms with Crippen molar-refractivity contribution in [2.45, 2.75) is 19.5 Å². The highest BCUT2D eigenvalue weighted by Crippen LogP contribution is 2.40. The lowest BCUT2D eigenvalue weighted by atomic mass is 10.1. The smallest absolute Gasteiger partial charge is 0.162 e. The molecule has 0 spiro atoms. The number of thiophene rings is 1. The molecule has 2 aliphatic heterocycles. The molecule has 6 rings (SSSR count). The molecule has 0 amide bonds. The van der Waals surface area contributed by atoms with Gasteiger partial charge in [0, 0.05) is 21.2 Å². The predicted molar refractivity (Wildman–Crippen MR) is 129 cm³/mol. The number of hydrogen-bond acceptors (Lipinski definition) is 8. The number of benzene rings is 1. The fourth-order valence-electron chi connectivity index (χ4n) is 4.07. The lowest BCUT2D eigenvalue weighted by molar-refractivity contribution is 0.827. The molecule has 1 atom stereocenters. The second-order valence-corrected chi connectivity index (χ2v) is 10.1. The molecule has 1 saturated heterocycles. The molecule has 0 saturated carbocycles. The van der Waals surface area contributed by atoms with Crippen LogP contribution in [0.3, 0.4) is 0 Å². The molecular weight excluding hydrogens is 450 g/mol. The number of halogens is 1. The highest BCUT2D eigenvalue weighted by atomic mass is 35.5. The van der Waals surface area contributed by atoms with E-state index in [4.69, 9.17) is 16.6 Å². The molecule has 1 aromatic carbocycles. The molecule has 10 heteroatoms. The van der Waals surface area contributed by atoms with Crippen molar-refractivity contribution < 1.29 is 0 Å². The lowest BCUT2D eigenvalue weighted by Crippen LogP contribution is -2.48. The molecule has 2 aliphatic rings. The van der Waals surface area contributed by atoms with Crippen LogP contribution in [0, 0.1) is 6.92 Å². The van der Waals surface area contributed by atoms with Gasteiger partial charge in [-0.2, -0.15) is 0 Å². The first-order valence-corrected chi connectivity index (χ1v) is 12.2. The molecule has 1 N–H and O–H groups in total. The Morgan fingerprint density at radius 2 is 2.10 bits per heavy atom. The van der Waals surface area contributed by atoms with E-state index in [1.807, 2.05) is 30.0 Å². The number of amidine groups is 1. The van der Waals surface area contributed by atoms with Crippen LogP contribution in [-0.4, -0.2) is 43.4 Å². The van der Waals surface area contributed by atoms with E-state index >= 15 is 0 Å². The molecule has 3 aromatic heterocycles. The highest BCUT2D eigenvalue weighted by molar-refractivity contribution is 7.99. The van der Waals surface area contributed by atoms with Crippen molar-refractivity contribution in [1.29, 1.82) is 0 Å². The summed E-state index contributed by atoms with van der Waals surface area (Å²) in [4.78, 5) is 27.4. The van der Waals surface area contributed by atoms with Gasteiger partial charge in [-0.1, -0.05) is 17.7 Å². The van der Waals surface area contributed by atoms with Crippen molar-refractivity contribution in [3.63, 3.8) is 0 Å². The van der Waals surface area contributed by atoms with Crippen LogP contribution in [0.15, 0.2) is 48.0 Å². The van der Waals surface area contributed by atoms with Crippen LogP contribution in [0.2, 0.25) is 5.02 Å². The quantitative estimate of drug-likeness (QED) is 0.456. The Morgan fingerprint density at radius 3 is 2.97 bits per heavy atom. The maximum Gasteiger partial charge on any atom is 0.162 e. The Morgan fingerprint density at radius 1 is 1.16 bits per heavy atom. The van der Waals surface area contributed by atoms with Gasteiger partial charge in [-0.15, -0.1) is 23.1 Å². The largest absolute Gasteiger partial charge is 0.334 e. The third kappa shape index (κ3) is 3.19. The zero-order valence-corrected chi connectivity index (χ0v) is 19.0. The minimum Gasteiger partial charge on any atom is -0.334 e. The van der Waals surface area contributed by atoms with Crippen molar-refractivity contribution in [3.05, 3.63) is 58.4 Å². The minimum absolute atomic E-state index is 0.0642. The number of nitrogens with zero attached hydrogens (tertiary/aromatic N) is 6. The monoisotopic (exact) mass is 467 g/mol. The highest BCUT2D eigenvalue weighted by Gasteiger charge is 2.37. The predicted octanol–water partition coefficient (Wildman–Crippen LogP) is 5.01. The summed E-state index contributed by atoms with van der Waals surface area (Å²) in [6, 6.07) is 10.3. The van der Waals surface area contributed by atoms with Crippen molar-refractivity contribution in [3.8, 4) is 0 Å². The van der Waals surface area contributed by atoms with Gasteiger partial charge in [0.2, 0.25) is 0 Å². The number of aliphatic imine (C=N–C) groups is 1.